The van der Waals surface area contributed by atoms with E-state index in [-0.39, 0.29) is 17.2 Å². The highest BCUT2D eigenvalue weighted by atomic mass is 32.2. The zero-order valence-corrected chi connectivity index (χ0v) is 12.8. The summed E-state index contributed by atoms with van der Waals surface area (Å²) < 4.78 is 38.0. The first-order chi connectivity index (χ1) is 10.7. The van der Waals surface area contributed by atoms with E-state index in [1.165, 1.54) is 12.3 Å². The first kappa shape index (κ1) is 14.0. The maximum Gasteiger partial charge on any atom is 0.277 e. The van der Waals surface area contributed by atoms with Crippen LogP contribution in [0.3, 0.4) is 0 Å². The molecule has 118 valence electrons. The topological polar surface area (TPSA) is 88.6 Å². The lowest BCUT2D eigenvalue weighted by molar-refractivity contribution is 0.319. The molecule has 2 aliphatic rings. The molecule has 0 radical (unpaired) electrons. The summed E-state index contributed by atoms with van der Waals surface area (Å²) in [6.45, 7) is 1.56. The van der Waals surface area contributed by atoms with Gasteiger partial charge in [-0.3, -0.25) is 0 Å². The maximum atomic E-state index is 12.9. The van der Waals surface area contributed by atoms with Crippen molar-refractivity contribution in [3.05, 3.63) is 24.4 Å². The van der Waals surface area contributed by atoms with Gasteiger partial charge in [0.1, 0.15) is 0 Å². The summed E-state index contributed by atoms with van der Waals surface area (Å²) in [5.74, 6) is 0.790. The highest BCUT2D eigenvalue weighted by molar-refractivity contribution is 7.89. The number of fused-ring (bicyclic) bond motifs is 2. The van der Waals surface area contributed by atoms with Gasteiger partial charge in [-0.05, 0) is 37.9 Å². The van der Waals surface area contributed by atoms with Crippen LogP contribution in [0, 0.1) is 0 Å². The van der Waals surface area contributed by atoms with Crippen molar-refractivity contribution in [3.8, 4) is 11.5 Å². The van der Waals surface area contributed by atoms with Crippen LogP contribution >= 0.6 is 0 Å². The fourth-order valence-corrected chi connectivity index (χ4v) is 5.19. The van der Waals surface area contributed by atoms with Crippen molar-refractivity contribution in [2.24, 2.45) is 0 Å². The molecule has 2 aliphatic heterocycles. The Labute approximate surface area is 128 Å². The molecule has 7 nitrogen and oxygen atoms in total. The van der Waals surface area contributed by atoms with Gasteiger partial charge in [0, 0.05) is 24.7 Å². The molecule has 0 aliphatic carbocycles. The Hall–Kier alpha value is -1.64. The van der Waals surface area contributed by atoms with Crippen molar-refractivity contribution in [3.63, 3.8) is 0 Å². The van der Waals surface area contributed by atoms with Gasteiger partial charge in [-0.1, -0.05) is 5.16 Å². The van der Waals surface area contributed by atoms with Gasteiger partial charge in [0.2, 0.25) is 10.9 Å². The molecule has 2 aromatic heterocycles. The van der Waals surface area contributed by atoms with Crippen LogP contribution in [0.25, 0.3) is 11.5 Å². The first-order valence-electron chi connectivity index (χ1n) is 7.41. The minimum atomic E-state index is -3.63. The Morgan fingerprint density at radius 1 is 1.14 bits per heavy atom. The van der Waals surface area contributed by atoms with Crippen LogP contribution in [0.1, 0.15) is 19.3 Å². The van der Waals surface area contributed by atoms with Crippen LogP contribution in [0.2, 0.25) is 0 Å². The van der Waals surface area contributed by atoms with E-state index in [9.17, 15) is 8.42 Å². The lowest BCUT2D eigenvalue weighted by atomic mass is 10.1. The Kier molecular flexibility index (Phi) is 3.32. The molecule has 2 saturated heterocycles. The van der Waals surface area contributed by atoms with E-state index in [4.69, 9.17) is 8.94 Å². The molecule has 4 heterocycles. The third-order valence-electron chi connectivity index (χ3n) is 4.38. The van der Waals surface area contributed by atoms with E-state index in [1.54, 1.807) is 16.4 Å². The number of furan rings is 1. The summed E-state index contributed by atoms with van der Waals surface area (Å²) in [7, 11) is -3.63. The van der Waals surface area contributed by atoms with Gasteiger partial charge in [0.05, 0.1) is 6.20 Å². The second kappa shape index (κ2) is 5.22. The third kappa shape index (κ3) is 2.18. The molecule has 2 fully saturated rings. The summed E-state index contributed by atoms with van der Waals surface area (Å²) in [6.07, 6.45) is 4.14. The predicted octanol–water partition coefficient (Wildman–Crippen LogP) is 1.45. The summed E-state index contributed by atoms with van der Waals surface area (Å²) in [5, 5.41) is 6.87. The molecule has 2 bridgehead atoms. The monoisotopic (exact) mass is 323 g/mol. The molecule has 0 unspecified atom stereocenters. The number of sulfonamides is 1. The second-order valence-electron chi connectivity index (χ2n) is 5.71. The van der Waals surface area contributed by atoms with Crippen molar-refractivity contribution in [2.45, 2.75) is 36.4 Å². The molecule has 2 aromatic rings. The number of hydrogen-bond donors (Lipinski definition) is 1. The lowest BCUT2D eigenvalue weighted by Crippen LogP contribution is -2.42. The summed E-state index contributed by atoms with van der Waals surface area (Å²) in [4.78, 5) is 0. The largest absolute Gasteiger partial charge is 0.440 e. The summed E-state index contributed by atoms with van der Waals surface area (Å²) >= 11 is 0. The van der Waals surface area contributed by atoms with Crippen LogP contribution in [0.15, 0.2) is 38.4 Å². The van der Waals surface area contributed by atoms with Crippen molar-refractivity contribution >= 4 is 10.0 Å². The van der Waals surface area contributed by atoms with Gasteiger partial charge >= 0.3 is 0 Å². The van der Waals surface area contributed by atoms with Gasteiger partial charge in [-0.15, -0.1) is 0 Å². The van der Waals surface area contributed by atoms with Gasteiger partial charge < -0.3 is 14.3 Å². The third-order valence-corrected chi connectivity index (χ3v) is 6.26. The van der Waals surface area contributed by atoms with Crippen LogP contribution in [-0.2, 0) is 10.0 Å². The van der Waals surface area contributed by atoms with Crippen LogP contribution in [0.5, 0.6) is 0 Å². The molecule has 0 aromatic carbocycles. The highest BCUT2D eigenvalue weighted by Crippen LogP contribution is 2.35. The van der Waals surface area contributed by atoms with Crippen molar-refractivity contribution in [2.75, 3.05) is 13.1 Å². The van der Waals surface area contributed by atoms with E-state index in [0.29, 0.717) is 18.1 Å². The second-order valence-corrected chi connectivity index (χ2v) is 7.48. The average molecular weight is 323 g/mol. The Morgan fingerprint density at radius 2 is 2.00 bits per heavy atom. The smallest absolute Gasteiger partial charge is 0.277 e. The van der Waals surface area contributed by atoms with E-state index in [1.807, 2.05) is 0 Å². The first-order valence-corrected chi connectivity index (χ1v) is 8.85. The van der Waals surface area contributed by atoms with Gasteiger partial charge in [0.15, 0.2) is 5.76 Å². The van der Waals surface area contributed by atoms with Crippen LogP contribution in [-0.4, -0.2) is 43.1 Å². The van der Waals surface area contributed by atoms with E-state index in [2.05, 4.69) is 10.5 Å². The SMILES string of the molecule is O=S(=O)(c1ccc(-c2ccno2)o1)N1[C@@H]2CCNC[C@H]1CC2. The summed E-state index contributed by atoms with van der Waals surface area (Å²) in [6, 6.07) is 4.80. The number of aromatic nitrogens is 1. The lowest BCUT2D eigenvalue weighted by Gasteiger charge is -2.25. The number of hydrogen-bond acceptors (Lipinski definition) is 6. The molecule has 2 atom stereocenters. The van der Waals surface area contributed by atoms with Gasteiger partial charge in [-0.25, -0.2) is 8.42 Å². The van der Waals surface area contributed by atoms with E-state index < -0.39 is 10.0 Å². The zero-order chi connectivity index (χ0) is 15.2. The molecule has 1 N–H and O–H groups in total. The maximum absolute atomic E-state index is 12.9. The molecule has 0 amide bonds. The summed E-state index contributed by atoms with van der Waals surface area (Å²) in [5.41, 5.74) is 0. The fourth-order valence-electron chi connectivity index (χ4n) is 3.37. The van der Waals surface area contributed by atoms with Crippen LogP contribution < -0.4 is 5.32 Å². The molecule has 4 rings (SSSR count). The van der Waals surface area contributed by atoms with Crippen molar-refractivity contribution < 1.29 is 17.4 Å². The minimum absolute atomic E-state index is 0.0105. The minimum Gasteiger partial charge on any atom is -0.440 e. The standard InChI is InChI=1S/C14H17N3O4S/c18-22(19,17-10-1-2-11(17)9-15-7-5-10)14-4-3-12(20-14)13-6-8-16-21-13/h3-4,6,8,10-11,15H,1-2,5,7,9H2/t10-,11+/m0/s1. The predicted molar refractivity (Wildman–Crippen MR) is 77.5 cm³/mol. The normalized spacial score (nSPS) is 26.2. The van der Waals surface area contributed by atoms with Crippen LogP contribution in [0.4, 0.5) is 0 Å². The average Bonchev–Trinajstić information content (AvgIpc) is 3.16. The Bertz CT molecular complexity index is 739. The number of rotatable bonds is 3. The van der Waals surface area contributed by atoms with Gasteiger partial charge in [0.25, 0.3) is 10.0 Å². The molecule has 0 spiro atoms. The number of nitrogens with one attached hydrogen (secondary N) is 1. The van der Waals surface area contributed by atoms with E-state index >= 15 is 0 Å². The zero-order valence-electron chi connectivity index (χ0n) is 11.9. The highest BCUT2D eigenvalue weighted by Gasteiger charge is 2.44. The van der Waals surface area contributed by atoms with E-state index in [0.717, 1.165) is 25.8 Å². The van der Waals surface area contributed by atoms with Gasteiger partial charge in [-0.2, -0.15) is 4.31 Å². The van der Waals surface area contributed by atoms with Crippen molar-refractivity contribution in [1.82, 2.24) is 14.8 Å². The molecule has 8 heteroatoms. The fraction of sp³-hybridized carbons (Fsp3) is 0.500. The van der Waals surface area contributed by atoms with Crippen molar-refractivity contribution in [1.29, 1.82) is 0 Å². The molecular formula is C14H17N3O4S. The molecule has 0 saturated carbocycles. The number of nitrogens with zero attached hydrogens (tertiary/aromatic N) is 2. The molecule has 22 heavy (non-hydrogen) atoms. The Balaban J connectivity index is 1.69. The Morgan fingerprint density at radius 3 is 2.82 bits per heavy atom. The quantitative estimate of drug-likeness (QED) is 0.919. The molecular weight excluding hydrogens is 306 g/mol.